The summed E-state index contributed by atoms with van der Waals surface area (Å²) in [5.41, 5.74) is -0.963. The lowest BCUT2D eigenvalue weighted by atomic mass is 9.73. The number of carboxylic acid groups (broad SMARTS) is 1. The van der Waals surface area contributed by atoms with E-state index in [0.717, 1.165) is 58.0 Å². The van der Waals surface area contributed by atoms with Crippen LogP contribution in [-0.4, -0.2) is 53.3 Å². The van der Waals surface area contributed by atoms with Gasteiger partial charge in [0.2, 0.25) is 0 Å². The van der Waals surface area contributed by atoms with Crippen molar-refractivity contribution >= 4 is 11.9 Å². The minimum absolute atomic E-state index is 0.0158. The fraction of sp³-hybridized carbons (Fsp3) is 0.737. The Balaban J connectivity index is 0.000000474. The van der Waals surface area contributed by atoms with Crippen LogP contribution in [0.1, 0.15) is 148 Å². The third-order valence-corrected chi connectivity index (χ3v) is 8.81. The van der Waals surface area contributed by atoms with E-state index < -0.39 is 17.5 Å². The smallest absolute Gasteiger partial charge is 0.344 e. The zero-order chi connectivity index (χ0) is 32.3. The molecule has 1 aromatic rings. The maximum atomic E-state index is 12.8. The number of hydrogen-bond donors (Lipinski definition) is 2. The van der Waals surface area contributed by atoms with Gasteiger partial charge in [0, 0.05) is 12.3 Å². The van der Waals surface area contributed by atoms with Gasteiger partial charge in [-0.15, -0.1) is 0 Å². The molecule has 0 amide bonds. The van der Waals surface area contributed by atoms with Gasteiger partial charge in [0.05, 0.1) is 6.54 Å². The molecule has 0 heterocycles. The van der Waals surface area contributed by atoms with Gasteiger partial charge in [0.15, 0.2) is 12.2 Å². The minimum Gasteiger partial charge on any atom is -0.481 e. The molecule has 0 saturated heterocycles. The van der Waals surface area contributed by atoms with E-state index in [0.29, 0.717) is 18.5 Å². The Morgan fingerprint density at radius 3 is 1.82 bits per heavy atom. The monoisotopic (exact) mass is 613 g/mol. The second-order valence-corrected chi connectivity index (χ2v) is 12.2. The van der Waals surface area contributed by atoms with Crippen molar-refractivity contribution in [1.29, 1.82) is 0 Å². The van der Waals surface area contributed by atoms with Gasteiger partial charge in [-0.2, -0.15) is 0 Å². The molecule has 1 aliphatic rings. The van der Waals surface area contributed by atoms with Crippen molar-refractivity contribution in [3.8, 4) is 11.8 Å². The Morgan fingerprint density at radius 1 is 0.795 bits per heavy atom. The first-order valence-electron chi connectivity index (χ1n) is 17.7. The second-order valence-electron chi connectivity index (χ2n) is 12.2. The quantitative estimate of drug-likeness (QED) is 0.0818. The number of aliphatic carboxylic acids is 1. The van der Waals surface area contributed by atoms with Crippen molar-refractivity contribution in [2.75, 3.05) is 26.2 Å². The number of unbranched alkanes of at least 4 members (excludes halogenated alkanes) is 12. The molecule has 2 N–H and O–H groups in total. The number of benzene rings is 1. The van der Waals surface area contributed by atoms with Crippen LogP contribution in [0.5, 0.6) is 0 Å². The van der Waals surface area contributed by atoms with E-state index in [2.05, 4.69) is 37.5 Å². The molecule has 0 radical (unpaired) electrons. The number of carbonyl (C=O) groups is 2. The van der Waals surface area contributed by atoms with Crippen LogP contribution in [0.25, 0.3) is 0 Å². The largest absolute Gasteiger partial charge is 0.481 e. The molecule has 1 aliphatic carbocycles. The van der Waals surface area contributed by atoms with Crippen molar-refractivity contribution in [2.45, 2.75) is 148 Å². The standard InChI is InChI=1S/C22H31NO3.C16H32O2/c1-3-23(4-2)17-11-12-18-26-21(24)22(25,19-13-7-5-8-14-19)20-15-9-6-10-16-20;1-2-3-4-5-6-7-8-9-10-11-12-13-14-15-16(17)18/h5,7-8,13-14,20,25H,3-4,6,9-10,15-18H2,1-2H3;2-15H2,1H3,(H,17,18). The fourth-order valence-electron chi connectivity index (χ4n) is 5.90. The SMILES string of the molecule is CCCCCCCCCCCCCCCC(=O)O.CCN(CC)CC#CCOC(=O)C(O)(c1ccccc1)C1CCCCC1. The summed E-state index contributed by atoms with van der Waals surface area (Å²) in [6.07, 6.45) is 22.2. The van der Waals surface area contributed by atoms with E-state index >= 15 is 0 Å². The highest BCUT2D eigenvalue weighted by atomic mass is 16.5. The van der Waals surface area contributed by atoms with Crippen LogP contribution in [0.2, 0.25) is 0 Å². The van der Waals surface area contributed by atoms with Gasteiger partial charge in [-0.1, -0.05) is 159 Å². The van der Waals surface area contributed by atoms with Crippen molar-refractivity contribution in [2.24, 2.45) is 5.92 Å². The van der Waals surface area contributed by atoms with Crippen LogP contribution >= 0.6 is 0 Å². The van der Waals surface area contributed by atoms with Gasteiger partial charge >= 0.3 is 11.9 Å². The summed E-state index contributed by atoms with van der Waals surface area (Å²) in [4.78, 5) is 25.3. The summed E-state index contributed by atoms with van der Waals surface area (Å²) in [5.74, 6) is 4.59. The third kappa shape index (κ3) is 17.2. The van der Waals surface area contributed by atoms with E-state index in [4.69, 9.17) is 9.84 Å². The zero-order valence-corrected chi connectivity index (χ0v) is 28.3. The molecule has 1 fully saturated rings. The zero-order valence-electron chi connectivity index (χ0n) is 28.3. The van der Waals surface area contributed by atoms with Crippen LogP contribution in [0.4, 0.5) is 0 Å². The summed E-state index contributed by atoms with van der Waals surface area (Å²) >= 11 is 0. The summed E-state index contributed by atoms with van der Waals surface area (Å²) in [7, 11) is 0. The molecule has 44 heavy (non-hydrogen) atoms. The first kappa shape index (κ1) is 39.7. The Bertz CT molecular complexity index is 914. The Kier molecular flexibility index (Phi) is 23.4. The Hall–Kier alpha value is -2.36. The molecule has 1 unspecified atom stereocenters. The summed E-state index contributed by atoms with van der Waals surface area (Å²) < 4.78 is 5.38. The summed E-state index contributed by atoms with van der Waals surface area (Å²) in [5, 5.41) is 19.9. The lowest BCUT2D eigenvalue weighted by molar-refractivity contribution is -0.174. The number of nitrogens with zero attached hydrogens (tertiary/aromatic N) is 1. The number of esters is 1. The van der Waals surface area contributed by atoms with Crippen LogP contribution < -0.4 is 0 Å². The van der Waals surface area contributed by atoms with Crippen molar-refractivity contribution in [1.82, 2.24) is 4.90 Å². The van der Waals surface area contributed by atoms with E-state index in [1.54, 1.807) is 0 Å². The molecule has 0 bridgehead atoms. The second kappa shape index (κ2) is 25.9. The molecule has 0 aromatic heterocycles. The molecule has 6 nitrogen and oxygen atoms in total. The van der Waals surface area contributed by atoms with Crippen molar-refractivity contribution < 1.29 is 24.5 Å². The Labute approximate surface area is 269 Å². The van der Waals surface area contributed by atoms with Gasteiger partial charge in [-0.25, -0.2) is 4.79 Å². The number of ether oxygens (including phenoxy) is 1. The van der Waals surface area contributed by atoms with Crippen molar-refractivity contribution in [3.63, 3.8) is 0 Å². The average molecular weight is 614 g/mol. The van der Waals surface area contributed by atoms with Crippen LogP contribution in [0.3, 0.4) is 0 Å². The van der Waals surface area contributed by atoms with Crippen LogP contribution in [0, 0.1) is 17.8 Å². The topological polar surface area (TPSA) is 87.1 Å². The van der Waals surface area contributed by atoms with Gasteiger partial charge in [0.1, 0.15) is 0 Å². The maximum absolute atomic E-state index is 12.8. The number of carboxylic acids is 1. The molecular formula is C38H63NO5. The summed E-state index contributed by atoms with van der Waals surface area (Å²) in [6.45, 7) is 9.01. The predicted molar refractivity (Wildman–Crippen MR) is 181 cm³/mol. The molecule has 1 saturated carbocycles. The molecule has 6 heteroatoms. The minimum atomic E-state index is -1.58. The number of hydrogen-bond acceptors (Lipinski definition) is 5. The molecule has 2 rings (SSSR count). The predicted octanol–water partition coefficient (Wildman–Crippen LogP) is 8.90. The number of rotatable bonds is 21. The normalized spacial score (nSPS) is 14.6. The van der Waals surface area contributed by atoms with Gasteiger partial charge in [0.25, 0.3) is 0 Å². The molecule has 1 atom stereocenters. The first-order valence-corrected chi connectivity index (χ1v) is 17.7. The van der Waals surface area contributed by atoms with E-state index in [9.17, 15) is 14.7 Å². The Morgan fingerprint density at radius 2 is 1.32 bits per heavy atom. The third-order valence-electron chi connectivity index (χ3n) is 8.81. The fourth-order valence-corrected chi connectivity index (χ4v) is 5.90. The van der Waals surface area contributed by atoms with Crippen LogP contribution in [-0.2, 0) is 19.9 Å². The highest BCUT2D eigenvalue weighted by molar-refractivity contribution is 5.81. The number of carbonyl (C=O) groups excluding carboxylic acids is 1. The maximum Gasteiger partial charge on any atom is 0.344 e. The molecule has 0 aliphatic heterocycles. The van der Waals surface area contributed by atoms with E-state index in [1.807, 2.05) is 30.3 Å². The van der Waals surface area contributed by atoms with E-state index in [1.165, 1.54) is 70.6 Å². The van der Waals surface area contributed by atoms with Gasteiger partial charge in [-0.05, 0) is 37.9 Å². The summed E-state index contributed by atoms with van der Waals surface area (Å²) in [6, 6.07) is 9.19. The lowest BCUT2D eigenvalue weighted by Crippen LogP contribution is -2.45. The average Bonchev–Trinajstić information content (AvgIpc) is 3.05. The molecular weight excluding hydrogens is 550 g/mol. The highest BCUT2D eigenvalue weighted by Gasteiger charge is 2.47. The molecule has 1 aromatic carbocycles. The highest BCUT2D eigenvalue weighted by Crippen LogP contribution is 2.40. The van der Waals surface area contributed by atoms with E-state index in [-0.39, 0.29) is 12.5 Å². The van der Waals surface area contributed by atoms with Gasteiger partial charge in [-0.3, -0.25) is 9.69 Å². The lowest BCUT2D eigenvalue weighted by Gasteiger charge is -2.36. The van der Waals surface area contributed by atoms with Crippen LogP contribution in [0.15, 0.2) is 30.3 Å². The molecule has 0 spiro atoms. The first-order chi connectivity index (χ1) is 21.4. The molecule has 250 valence electrons. The number of aliphatic hydroxyl groups is 1. The van der Waals surface area contributed by atoms with Crippen molar-refractivity contribution in [3.05, 3.63) is 35.9 Å². The van der Waals surface area contributed by atoms with Gasteiger partial charge < -0.3 is 14.9 Å².